The number of hydrogen-bond donors (Lipinski definition) is 3. The van der Waals surface area contributed by atoms with Crippen LogP contribution in [0.15, 0.2) is 11.9 Å². The first-order valence-electron chi connectivity index (χ1n) is 3.80. The molecule has 0 rings (SSSR count). The molecule has 0 atom stereocenters. The summed E-state index contributed by atoms with van der Waals surface area (Å²) in [5.74, 6) is 5.05. The smallest absolute Gasteiger partial charge is 0.0397 e. The van der Waals surface area contributed by atoms with E-state index in [1.807, 2.05) is 7.05 Å². The van der Waals surface area contributed by atoms with Gasteiger partial charge in [-0.3, -0.25) is 5.84 Å². The molecule has 0 aliphatic rings. The van der Waals surface area contributed by atoms with Crippen molar-refractivity contribution in [3.63, 3.8) is 0 Å². The predicted molar refractivity (Wildman–Crippen MR) is 47.4 cm³/mol. The van der Waals surface area contributed by atoms with Crippen LogP contribution in [0.25, 0.3) is 0 Å². The Hall–Kier alpha value is -0.740. The van der Waals surface area contributed by atoms with Crippen molar-refractivity contribution >= 4 is 0 Å². The van der Waals surface area contributed by atoms with Crippen LogP contribution in [0.2, 0.25) is 0 Å². The summed E-state index contributed by atoms with van der Waals surface area (Å²) in [4.78, 5) is 2.14. The summed E-state index contributed by atoms with van der Waals surface area (Å²) >= 11 is 0. The van der Waals surface area contributed by atoms with Crippen molar-refractivity contribution in [2.45, 2.75) is 13.3 Å². The second kappa shape index (κ2) is 6.00. The Morgan fingerprint density at radius 1 is 1.64 bits per heavy atom. The van der Waals surface area contributed by atoms with Crippen LogP contribution >= 0.6 is 0 Å². The second-order valence-electron chi connectivity index (χ2n) is 2.62. The Kier molecular flexibility index (Phi) is 5.60. The molecule has 0 aliphatic heterocycles. The van der Waals surface area contributed by atoms with Gasteiger partial charge in [-0.05, 0) is 20.0 Å². The first-order valence-corrected chi connectivity index (χ1v) is 3.80. The summed E-state index contributed by atoms with van der Waals surface area (Å²) in [6.45, 7) is 3.95. The zero-order chi connectivity index (χ0) is 8.69. The molecule has 0 unspecified atom stereocenters. The van der Waals surface area contributed by atoms with E-state index in [1.54, 1.807) is 6.20 Å². The predicted octanol–water partition coefficient (Wildman–Crippen LogP) is -0.408. The van der Waals surface area contributed by atoms with E-state index in [0.717, 1.165) is 25.2 Å². The van der Waals surface area contributed by atoms with E-state index in [4.69, 9.17) is 11.6 Å². The summed E-state index contributed by atoms with van der Waals surface area (Å²) < 4.78 is 0. The Balaban J connectivity index is 3.56. The van der Waals surface area contributed by atoms with Crippen LogP contribution in [0.1, 0.15) is 13.3 Å². The minimum atomic E-state index is 0.753. The van der Waals surface area contributed by atoms with E-state index >= 15 is 0 Å². The van der Waals surface area contributed by atoms with Gasteiger partial charge in [-0.15, -0.1) is 0 Å². The van der Waals surface area contributed by atoms with Gasteiger partial charge in [0.2, 0.25) is 0 Å². The largest absolute Gasteiger partial charge is 0.400 e. The van der Waals surface area contributed by atoms with Crippen LogP contribution in [-0.4, -0.2) is 25.0 Å². The Morgan fingerprint density at radius 2 is 2.27 bits per heavy atom. The fourth-order valence-corrected chi connectivity index (χ4v) is 0.925. The van der Waals surface area contributed by atoms with Gasteiger partial charge in [0.05, 0.1) is 0 Å². The molecule has 0 heterocycles. The maximum absolute atomic E-state index is 5.59. The van der Waals surface area contributed by atoms with E-state index in [-0.39, 0.29) is 0 Å². The maximum atomic E-state index is 5.59. The van der Waals surface area contributed by atoms with Crippen molar-refractivity contribution in [1.29, 1.82) is 0 Å². The van der Waals surface area contributed by atoms with Crippen LogP contribution in [0, 0.1) is 0 Å². The van der Waals surface area contributed by atoms with E-state index < -0.39 is 0 Å². The van der Waals surface area contributed by atoms with E-state index in [0.29, 0.717) is 0 Å². The number of nitrogens with one attached hydrogen (secondary N) is 1. The van der Waals surface area contributed by atoms with Crippen molar-refractivity contribution in [3.8, 4) is 0 Å². The van der Waals surface area contributed by atoms with Crippen LogP contribution in [-0.2, 0) is 0 Å². The van der Waals surface area contributed by atoms with Crippen molar-refractivity contribution in [3.05, 3.63) is 11.9 Å². The highest BCUT2D eigenvalue weighted by Gasteiger charge is 1.96. The Bertz CT molecular complexity index is 122. The minimum absolute atomic E-state index is 0.753. The third-order valence-corrected chi connectivity index (χ3v) is 1.33. The van der Waals surface area contributed by atoms with Gasteiger partial charge in [0.1, 0.15) is 0 Å². The molecule has 66 valence electrons. The van der Waals surface area contributed by atoms with Crippen molar-refractivity contribution in [2.75, 3.05) is 20.1 Å². The van der Waals surface area contributed by atoms with Gasteiger partial charge in [0.15, 0.2) is 0 Å². The van der Waals surface area contributed by atoms with Gasteiger partial charge in [0.25, 0.3) is 0 Å². The quantitative estimate of drug-likeness (QED) is 0.376. The molecule has 0 spiro atoms. The van der Waals surface area contributed by atoms with Gasteiger partial charge >= 0.3 is 0 Å². The summed E-state index contributed by atoms with van der Waals surface area (Å²) in [5.41, 5.74) is 8.75. The summed E-state index contributed by atoms with van der Waals surface area (Å²) in [5, 5.41) is 0. The van der Waals surface area contributed by atoms with Gasteiger partial charge < -0.3 is 16.1 Å². The fourth-order valence-electron chi connectivity index (χ4n) is 0.925. The van der Waals surface area contributed by atoms with Crippen molar-refractivity contribution in [1.82, 2.24) is 10.3 Å². The Morgan fingerprint density at radius 3 is 2.73 bits per heavy atom. The average molecular weight is 158 g/mol. The third kappa shape index (κ3) is 5.69. The zero-order valence-electron chi connectivity index (χ0n) is 7.30. The highest BCUT2D eigenvalue weighted by Crippen LogP contribution is 1.89. The summed E-state index contributed by atoms with van der Waals surface area (Å²) in [6, 6.07) is 0. The lowest BCUT2D eigenvalue weighted by molar-refractivity contribution is 0.361. The maximum Gasteiger partial charge on any atom is 0.0397 e. The van der Waals surface area contributed by atoms with Crippen LogP contribution in [0.3, 0.4) is 0 Å². The van der Waals surface area contributed by atoms with Crippen LogP contribution < -0.4 is 17.0 Å². The van der Waals surface area contributed by atoms with E-state index in [9.17, 15) is 0 Å². The normalized spacial score (nSPS) is 12.2. The lowest BCUT2D eigenvalue weighted by atomic mass is 10.4. The monoisotopic (exact) mass is 158 g/mol. The molecule has 0 saturated heterocycles. The molecule has 0 aromatic carbocycles. The minimum Gasteiger partial charge on any atom is -0.400 e. The zero-order valence-corrected chi connectivity index (χ0v) is 7.30. The SMILES string of the molecule is CCCN(C)C/C(N)=C/NN. The average Bonchev–Trinajstić information content (AvgIpc) is 1.87. The molecule has 0 amide bonds. The van der Waals surface area contributed by atoms with Crippen molar-refractivity contribution in [2.24, 2.45) is 11.6 Å². The molecule has 0 fully saturated rings. The topological polar surface area (TPSA) is 67.3 Å². The third-order valence-electron chi connectivity index (χ3n) is 1.33. The molecule has 0 radical (unpaired) electrons. The van der Waals surface area contributed by atoms with Gasteiger partial charge in [0, 0.05) is 18.4 Å². The molecule has 5 N–H and O–H groups in total. The molecule has 0 aliphatic carbocycles. The second-order valence-corrected chi connectivity index (χ2v) is 2.62. The fraction of sp³-hybridized carbons (Fsp3) is 0.714. The number of nitrogens with two attached hydrogens (primary N) is 2. The van der Waals surface area contributed by atoms with Gasteiger partial charge in [-0.25, -0.2) is 0 Å². The highest BCUT2D eigenvalue weighted by atomic mass is 15.2. The highest BCUT2D eigenvalue weighted by molar-refractivity contribution is 4.96. The number of nitrogens with zero attached hydrogens (tertiary/aromatic N) is 1. The summed E-state index contributed by atoms with van der Waals surface area (Å²) in [7, 11) is 2.03. The van der Waals surface area contributed by atoms with Gasteiger partial charge in [-0.1, -0.05) is 6.92 Å². The number of hydrazine groups is 1. The molecule has 4 heteroatoms. The molecule has 0 saturated carbocycles. The molecule has 4 nitrogen and oxygen atoms in total. The van der Waals surface area contributed by atoms with Crippen LogP contribution in [0.4, 0.5) is 0 Å². The molecule has 11 heavy (non-hydrogen) atoms. The van der Waals surface area contributed by atoms with E-state index in [1.165, 1.54) is 0 Å². The first kappa shape index (κ1) is 10.3. The summed E-state index contributed by atoms with van der Waals surface area (Å²) in [6.07, 6.45) is 2.74. The first-order chi connectivity index (χ1) is 5.20. The van der Waals surface area contributed by atoms with Crippen LogP contribution in [0.5, 0.6) is 0 Å². The number of likely N-dealkylation sites (N-methyl/N-ethyl adjacent to an activating group) is 1. The van der Waals surface area contributed by atoms with Gasteiger partial charge in [-0.2, -0.15) is 0 Å². The standard InChI is InChI=1S/C7H18N4/c1-3-4-11(2)6-7(8)5-10-9/h5,10H,3-4,6,8-9H2,1-2H3/b7-5-. The molecule has 0 aromatic rings. The number of rotatable bonds is 5. The molecular formula is C7H18N4. The number of hydrogen-bond acceptors (Lipinski definition) is 4. The van der Waals surface area contributed by atoms with E-state index in [2.05, 4.69) is 17.2 Å². The molecule has 0 bridgehead atoms. The molecule has 0 aromatic heterocycles. The molecular weight excluding hydrogens is 140 g/mol. The Labute approximate surface area is 68.2 Å². The lowest BCUT2D eigenvalue weighted by Crippen LogP contribution is -2.27. The lowest BCUT2D eigenvalue weighted by Gasteiger charge is -2.14. The van der Waals surface area contributed by atoms with Crippen molar-refractivity contribution < 1.29 is 0 Å².